The summed E-state index contributed by atoms with van der Waals surface area (Å²) in [6.45, 7) is 3.72. The van der Waals surface area contributed by atoms with Crippen LogP contribution in [0.1, 0.15) is 42.0 Å². The highest BCUT2D eigenvalue weighted by molar-refractivity contribution is 8.00. The van der Waals surface area contributed by atoms with Crippen molar-refractivity contribution < 1.29 is 44.3 Å². The molecule has 0 aliphatic carbocycles. The third kappa shape index (κ3) is 14.6. The molecule has 9 aromatic rings. The number of alkyl halides is 6. The molecule has 0 radical (unpaired) electrons. The number of hydrogen-bond acceptors (Lipinski definition) is 11. The molecule has 9 rings (SSSR count). The molecule has 0 spiro atoms. The van der Waals surface area contributed by atoms with Gasteiger partial charge in [0.2, 0.25) is 0 Å². The fraction of sp³-hybridized carbons (Fsp3) is 0.188. The van der Waals surface area contributed by atoms with E-state index in [1.165, 1.54) is 66.4 Å². The molecule has 3 N–H and O–H groups in total. The number of para-hydroxylation sites is 1. The zero-order valence-electron chi connectivity index (χ0n) is 35.4. The van der Waals surface area contributed by atoms with Crippen LogP contribution in [0, 0.1) is 5.82 Å². The van der Waals surface area contributed by atoms with Crippen molar-refractivity contribution in [1.82, 2.24) is 15.5 Å². The fourth-order valence-corrected chi connectivity index (χ4v) is 7.71. The first-order valence-electron chi connectivity index (χ1n) is 20.6. The van der Waals surface area contributed by atoms with Crippen molar-refractivity contribution in [2.24, 2.45) is 0 Å². The Hall–Kier alpha value is -6.37. The van der Waals surface area contributed by atoms with E-state index >= 15 is 0 Å². The average Bonchev–Trinajstić information content (AvgIpc) is 4.03. The molecule has 0 aliphatic heterocycles. The van der Waals surface area contributed by atoms with E-state index in [-0.39, 0.29) is 33.3 Å². The van der Waals surface area contributed by atoms with Crippen LogP contribution in [-0.4, -0.2) is 26.5 Å². The Bertz CT molecular complexity index is 2980. The number of nitrogens with one attached hydrogen (secondary N) is 3. The molecule has 0 saturated carbocycles. The van der Waals surface area contributed by atoms with Crippen LogP contribution in [-0.2, 0) is 26.1 Å². The van der Waals surface area contributed by atoms with Gasteiger partial charge in [-0.25, -0.2) is 4.39 Å². The van der Waals surface area contributed by atoms with Gasteiger partial charge in [-0.3, -0.25) is 0 Å². The summed E-state index contributed by atoms with van der Waals surface area (Å²) in [5, 5.41) is 24.2. The van der Waals surface area contributed by atoms with Crippen molar-refractivity contribution in [1.29, 1.82) is 0 Å². The first-order valence-corrected chi connectivity index (χ1v) is 22.6. The van der Waals surface area contributed by atoms with Gasteiger partial charge < -0.3 is 29.5 Å². The summed E-state index contributed by atoms with van der Waals surface area (Å²) in [5.74, 6) is 1.34. The second kappa shape index (κ2) is 22.4. The molecule has 9 nitrogen and oxygen atoms in total. The summed E-state index contributed by atoms with van der Waals surface area (Å²) in [7, 11) is 0. The second-order valence-electron chi connectivity index (χ2n) is 14.7. The Morgan fingerprint density at radius 3 is 1.48 bits per heavy atom. The monoisotopic (exact) mass is 980 g/mol. The van der Waals surface area contributed by atoms with Crippen molar-refractivity contribution >= 4 is 85.5 Å². The maximum Gasteiger partial charge on any atom is 0.446 e. The summed E-state index contributed by atoms with van der Waals surface area (Å²) in [6, 6.07) is 38.0. The van der Waals surface area contributed by atoms with Crippen molar-refractivity contribution in [2.75, 3.05) is 16.0 Å². The van der Waals surface area contributed by atoms with E-state index in [9.17, 15) is 30.7 Å². The molecular weight excluding hydrogens is 941 g/mol. The lowest BCUT2D eigenvalue weighted by molar-refractivity contribution is -0.0337. The summed E-state index contributed by atoms with van der Waals surface area (Å²) in [6.07, 6.45) is 3.62. The largest absolute Gasteiger partial charge is 0.446 e. The standard InChI is InChI=1S/C18H19ClN2O.C15H10F4N2OS.C15H11F3N2OS/c1-2-3-4-13-5-7-14(8-6-13)12-20-18-16-10-9-15(19)11-17(16)22-21-18;16-10-3-6-13-12(7-10)14(21-22-13)20-8-9-1-4-11(5-2-9)23-15(17,18)19;16-15(17,18)22-11-7-5-10(6-8-11)9-19-14-12-3-1-2-4-13(12)21-20-14/h5-11H,2-4,12H2,1H3,(H,20,21);1-7H,8H2,(H,20,21);1-8H,9H2,(H,19,20). The SMILES string of the molecule is CCCCc1ccc(CNc2noc3cc(Cl)ccc23)cc1.FC(F)(F)Sc1ccc(CNc2noc3ccccc23)cc1.Fc1ccc2onc(NCc3ccc(SC(F)(F)F)cc3)c2c1. The lowest BCUT2D eigenvalue weighted by atomic mass is 10.1. The number of rotatable bonds is 14. The summed E-state index contributed by atoms with van der Waals surface area (Å²) in [5.41, 5.74) is -2.49. The highest BCUT2D eigenvalue weighted by Gasteiger charge is 2.29. The molecule has 6 aromatic carbocycles. The molecule has 0 fully saturated rings. The molecule has 67 heavy (non-hydrogen) atoms. The number of fused-ring (bicyclic) bond motifs is 3. The van der Waals surface area contributed by atoms with Crippen LogP contribution >= 0.6 is 35.1 Å². The molecular formula is C48H40ClF7N6O3S2. The molecule has 0 aliphatic rings. The summed E-state index contributed by atoms with van der Waals surface area (Å²) in [4.78, 5) is 0.290. The van der Waals surface area contributed by atoms with Crippen molar-refractivity contribution in [3.8, 4) is 0 Å². The Labute approximate surface area is 392 Å². The topological polar surface area (TPSA) is 114 Å². The van der Waals surface area contributed by atoms with Gasteiger partial charge in [0.05, 0.1) is 16.2 Å². The smallest absolute Gasteiger partial charge is 0.363 e. The van der Waals surface area contributed by atoms with Gasteiger partial charge in [0.15, 0.2) is 34.2 Å². The van der Waals surface area contributed by atoms with Gasteiger partial charge in [-0.1, -0.05) is 101 Å². The third-order valence-corrected chi connectivity index (χ3v) is 11.5. The molecule has 0 amide bonds. The number of thioether (sulfide) groups is 2. The zero-order chi connectivity index (χ0) is 47.4. The maximum absolute atomic E-state index is 13.2. The third-order valence-electron chi connectivity index (χ3n) is 9.78. The van der Waals surface area contributed by atoms with Gasteiger partial charge in [-0.2, -0.15) is 26.3 Å². The van der Waals surface area contributed by atoms with Gasteiger partial charge in [0, 0.05) is 40.5 Å². The van der Waals surface area contributed by atoms with Crippen molar-refractivity contribution in [2.45, 2.75) is 66.6 Å². The second-order valence-corrected chi connectivity index (χ2v) is 17.4. The number of halogens is 8. The van der Waals surface area contributed by atoms with Gasteiger partial charge >= 0.3 is 11.0 Å². The minimum absolute atomic E-state index is 0.121. The average molecular weight is 981 g/mol. The van der Waals surface area contributed by atoms with Crippen LogP contribution in [0.5, 0.6) is 0 Å². The first-order chi connectivity index (χ1) is 32.2. The molecule has 19 heteroatoms. The van der Waals surface area contributed by atoms with Gasteiger partial charge in [0.1, 0.15) is 5.82 Å². The molecule has 3 aromatic heterocycles. The molecule has 348 valence electrons. The van der Waals surface area contributed by atoms with E-state index in [2.05, 4.69) is 62.6 Å². The maximum atomic E-state index is 13.2. The predicted molar refractivity (Wildman–Crippen MR) is 251 cm³/mol. The Morgan fingerprint density at radius 2 is 0.955 bits per heavy atom. The zero-order valence-corrected chi connectivity index (χ0v) is 37.7. The number of aryl methyl sites for hydroxylation is 1. The minimum Gasteiger partial charge on any atom is -0.363 e. The van der Waals surface area contributed by atoms with Crippen LogP contribution in [0.15, 0.2) is 157 Å². The number of hydrogen-bond donors (Lipinski definition) is 3. The minimum atomic E-state index is -4.30. The highest BCUT2D eigenvalue weighted by atomic mass is 35.5. The number of unbranched alkanes of at least 4 members (excludes halogenated alkanes) is 1. The van der Waals surface area contributed by atoms with E-state index < -0.39 is 16.8 Å². The van der Waals surface area contributed by atoms with Crippen molar-refractivity contribution in [3.05, 3.63) is 167 Å². The first kappa shape index (κ1) is 48.6. The Morgan fingerprint density at radius 1 is 0.507 bits per heavy atom. The van der Waals surface area contributed by atoms with Crippen LogP contribution in [0.3, 0.4) is 0 Å². The number of benzene rings is 6. The fourth-order valence-electron chi connectivity index (χ4n) is 6.47. The predicted octanol–water partition coefficient (Wildman–Crippen LogP) is 15.7. The number of nitrogens with zero attached hydrogens (tertiary/aromatic N) is 3. The van der Waals surface area contributed by atoms with E-state index in [1.807, 2.05) is 36.4 Å². The quantitative estimate of drug-likeness (QED) is 0.0715. The lowest BCUT2D eigenvalue weighted by Crippen LogP contribution is -2.01. The Balaban J connectivity index is 0.000000149. The van der Waals surface area contributed by atoms with Gasteiger partial charge in [-0.15, -0.1) is 0 Å². The van der Waals surface area contributed by atoms with E-state index in [0.29, 0.717) is 51.9 Å². The van der Waals surface area contributed by atoms with E-state index in [4.69, 9.17) is 25.2 Å². The van der Waals surface area contributed by atoms with E-state index in [1.54, 1.807) is 30.3 Å². The molecule has 0 atom stereocenters. The van der Waals surface area contributed by atoms with Crippen LogP contribution in [0.4, 0.5) is 48.2 Å². The number of aromatic nitrogens is 3. The van der Waals surface area contributed by atoms with E-state index in [0.717, 1.165) is 40.7 Å². The molecule has 0 saturated heterocycles. The van der Waals surface area contributed by atoms with Gasteiger partial charge in [-0.05, 0) is 125 Å². The Kier molecular flexibility index (Phi) is 16.2. The normalized spacial score (nSPS) is 11.5. The lowest BCUT2D eigenvalue weighted by Gasteiger charge is -2.07. The molecule has 0 unspecified atom stereocenters. The van der Waals surface area contributed by atoms with Crippen molar-refractivity contribution in [3.63, 3.8) is 0 Å². The molecule has 0 bridgehead atoms. The molecule has 3 heterocycles. The highest BCUT2D eigenvalue weighted by Crippen LogP contribution is 2.38. The van der Waals surface area contributed by atoms with Gasteiger partial charge in [0.25, 0.3) is 0 Å². The number of anilines is 3. The van der Waals surface area contributed by atoms with Crippen LogP contribution in [0.25, 0.3) is 32.9 Å². The van der Waals surface area contributed by atoms with Crippen LogP contribution in [0.2, 0.25) is 5.02 Å². The summed E-state index contributed by atoms with van der Waals surface area (Å²) < 4.78 is 102. The summed E-state index contributed by atoms with van der Waals surface area (Å²) >= 11 is 5.66. The van der Waals surface area contributed by atoms with Crippen LogP contribution < -0.4 is 16.0 Å².